The van der Waals surface area contributed by atoms with Gasteiger partial charge in [0.1, 0.15) is 0 Å². The number of carbonyl (C=O) groups is 2. The molecular weight excluding hydrogens is 335 g/mol. The van der Waals surface area contributed by atoms with E-state index in [-0.39, 0.29) is 24.3 Å². The first kappa shape index (κ1) is 17.9. The standard InChI is InChI=1S/C20H21FN2O3/c21-16-10-4-6-12-18(16)26-13-19(24)23-17-11-5-3-9-15(17)20(25)22-14-7-1-2-8-14/h3-6,9-12,14H,1-2,7-8,13H2,(H,22,25)(H,23,24). The lowest BCUT2D eigenvalue weighted by Crippen LogP contribution is -2.33. The molecule has 1 aliphatic rings. The van der Waals surface area contributed by atoms with E-state index in [9.17, 15) is 14.0 Å². The van der Waals surface area contributed by atoms with Crippen LogP contribution in [0.1, 0.15) is 36.0 Å². The van der Waals surface area contributed by atoms with Crippen LogP contribution in [0.3, 0.4) is 0 Å². The van der Waals surface area contributed by atoms with E-state index < -0.39 is 11.7 Å². The van der Waals surface area contributed by atoms with Gasteiger partial charge in [-0.3, -0.25) is 9.59 Å². The zero-order valence-electron chi connectivity index (χ0n) is 14.3. The predicted molar refractivity (Wildman–Crippen MR) is 96.7 cm³/mol. The van der Waals surface area contributed by atoms with Crippen molar-refractivity contribution >= 4 is 17.5 Å². The predicted octanol–water partition coefficient (Wildman–Crippen LogP) is 3.52. The normalized spacial score (nSPS) is 14.0. The number of anilines is 1. The quantitative estimate of drug-likeness (QED) is 0.832. The van der Waals surface area contributed by atoms with Gasteiger partial charge in [0.15, 0.2) is 18.2 Å². The smallest absolute Gasteiger partial charge is 0.262 e. The Bertz CT molecular complexity index is 788. The van der Waals surface area contributed by atoms with Crippen molar-refractivity contribution in [3.05, 3.63) is 59.9 Å². The number of para-hydroxylation sites is 2. The fraction of sp³-hybridized carbons (Fsp3) is 0.300. The summed E-state index contributed by atoms with van der Waals surface area (Å²) in [6.07, 6.45) is 4.21. The monoisotopic (exact) mass is 356 g/mol. The van der Waals surface area contributed by atoms with Crippen LogP contribution in [0.25, 0.3) is 0 Å². The number of halogens is 1. The molecule has 136 valence electrons. The van der Waals surface area contributed by atoms with E-state index in [1.54, 1.807) is 36.4 Å². The van der Waals surface area contributed by atoms with Crippen LogP contribution in [0, 0.1) is 5.82 Å². The third kappa shape index (κ3) is 4.59. The van der Waals surface area contributed by atoms with E-state index >= 15 is 0 Å². The van der Waals surface area contributed by atoms with E-state index in [0.717, 1.165) is 25.7 Å². The summed E-state index contributed by atoms with van der Waals surface area (Å²) in [7, 11) is 0. The Morgan fingerprint density at radius 2 is 1.73 bits per heavy atom. The third-order valence-corrected chi connectivity index (χ3v) is 4.33. The van der Waals surface area contributed by atoms with Gasteiger partial charge in [-0.25, -0.2) is 4.39 Å². The maximum atomic E-state index is 13.5. The fourth-order valence-electron chi connectivity index (χ4n) is 3.01. The van der Waals surface area contributed by atoms with Crippen LogP contribution in [0.4, 0.5) is 10.1 Å². The number of carbonyl (C=O) groups excluding carboxylic acids is 2. The number of amides is 2. The highest BCUT2D eigenvalue weighted by molar-refractivity contribution is 6.04. The first-order chi connectivity index (χ1) is 12.6. The average Bonchev–Trinajstić information content (AvgIpc) is 3.14. The molecule has 0 aromatic heterocycles. The molecule has 2 N–H and O–H groups in total. The molecule has 0 saturated heterocycles. The summed E-state index contributed by atoms with van der Waals surface area (Å²) < 4.78 is 18.7. The van der Waals surface area contributed by atoms with Gasteiger partial charge in [-0.2, -0.15) is 0 Å². The van der Waals surface area contributed by atoms with Gasteiger partial charge in [0.2, 0.25) is 0 Å². The molecule has 26 heavy (non-hydrogen) atoms. The summed E-state index contributed by atoms with van der Waals surface area (Å²) in [4.78, 5) is 24.6. The molecular formula is C20H21FN2O3. The van der Waals surface area contributed by atoms with Crippen LogP contribution in [-0.2, 0) is 4.79 Å². The minimum absolute atomic E-state index is 0.00918. The Balaban J connectivity index is 1.61. The second-order valence-corrected chi connectivity index (χ2v) is 6.27. The molecule has 2 aromatic carbocycles. The molecule has 6 heteroatoms. The summed E-state index contributed by atoms with van der Waals surface area (Å²) in [6, 6.07) is 12.9. The number of hydrogen-bond acceptors (Lipinski definition) is 3. The van der Waals surface area contributed by atoms with Crippen molar-refractivity contribution in [3.8, 4) is 5.75 Å². The van der Waals surface area contributed by atoms with Crippen molar-refractivity contribution in [3.63, 3.8) is 0 Å². The molecule has 0 heterocycles. The molecule has 0 spiro atoms. The average molecular weight is 356 g/mol. The van der Waals surface area contributed by atoms with E-state index in [2.05, 4.69) is 10.6 Å². The molecule has 0 atom stereocenters. The van der Waals surface area contributed by atoms with Crippen LogP contribution in [0.5, 0.6) is 5.75 Å². The second kappa shape index (κ2) is 8.47. The van der Waals surface area contributed by atoms with Gasteiger partial charge in [-0.1, -0.05) is 37.1 Å². The summed E-state index contributed by atoms with van der Waals surface area (Å²) >= 11 is 0. The molecule has 0 bridgehead atoms. The van der Waals surface area contributed by atoms with Crippen LogP contribution in [0.2, 0.25) is 0 Å². The molecule has 1 fully saturated rings. The molecule has 1 aliphatic carbocycles. The Morgan fingerprint density at radius 3 is 2.50 bits per heavy atom. The highest BCUT2D eigenvalue weighted by atomic mass is 19.1. The van der Waals surface area contributed by atoms with Crippen molar-refractivity contribution in [2.45, 2.75) is 31.7 Å². The number of hydrogen-bond donors (Lipinski definition) is 2. The second-order valence-electron chi connectivity index (χ2n) is 6.27. The van der Waals surface area contributed by atoms with Gasteiger partial charge < -0.3 is 15.4 Å². The van der Waals surface area contributed by atoms with Crippen molar-refractivity contribution < 1.29 is 18.7 Å². The van der Waals surface area contributed by atoms with E-state index in [1.165, 1.54) is 12.1 Å². The highest BCUT2D eigenvalue weighted by Gasteiger charge is 2.20. The lowest BCUT2D eigenvalue weighted by molar-refractivity contribution is -0.118. The number of benzene rings is 2. The minimum Gasteiger partial charge on any atom is -0.481 e. The van der Waals surface area contributed by atoms with Crippen molar-refractivity contribution in [2.75, 3.05) is 11.9 Å². The first-order valence-corrected chi connectivity index (χ1v) is 8.70. The van der Waals surface area contributed by atoms with Crippen LogP contribution in [0.15, 0.2) is 48.5 Å². The lowest BCUT2D eigenvalue weighted by Gasteiger charge is -2.15. The van der Waals surface area contributed by atoms with Crippen LogP contribution in [-0.4, -0.2) is 24.5 Å². The molecule has 0 radical (unpaired) electrons. The third-order valence-electron chi connectivity index (χ3n) is 4.33. The number of rotatable bonds is 6. The Hall–Kier alpha value is -2.89. The maximum Gasteiger partial charge on any atom is 0.262 e. The summed E-state index contributed by atoms with van der Waals surface area (Å²) in [6.45, 7) is -0.348. The minimum atomic E-state index is -0.531. The molecule has 2 aromatic rings. The van der Waals surface area contributed by atoms with Crippen molar-refractivity contribution in [1.29, 1.82) is 0 Å². The molecule has 1 saturated carbocycles. The van der Waals surface area contributed by atoms with Crippen molar-refractivity contribution in [1.82, 2.24) is 5.32 Å². The number of ether oxygens (including phenoxy) is 1. The summed E-state index contributed by atoms with van der Waals surface area (Å²) in [5.41, 5.74) is 0.809. The van der Waals surface area contributed by atoms with Crippen LogP contribution < -0.4 is 15.4 Å². The molecule has 5 nitrogen and oxygen atoms in total. The van der Waals surface area contributed by atoms with Gasteiger partial charge in [0.05, 0.1) is 11.3 Å². The van der Waals surface area contributed by atoms with E-state index in [1.807, 2.05) is 0 Å². The van der Waals surface area contributed by atoms with Crippen LogP contribution >= 0.6 is 0 Å². The Morgan fingerprint density at radius 1 is 1.04 bits per heavy atom. The zero-order chi connectivity index (χ0) is 18.4. The van der Waals surface area contributed by atoms with Gasteiger partial charge >= 0.3 is 0 Å². The first-order valence-electron chi connectivity index (χ1n) is 8.70. The topological polar surface area (TPSA) is 67.4 Å². The molecule has 0 aliphatic heterocycles. The lowest BCUT2D eigenvalue weighted by atomic mass is 10.1. The van der Waals surface area contributed by atoms with Crippen molar-refractivity contribution in [2.24, 2.45) is 0 Å². The Kier molecular flexibility index (Phi) is 5.84. The SMILES string of the molecule is O=C(COc1ccccc1F)Nc1ccccc1C(=O)NC1CCCC1. The molecule has 2 amide bonds. The van der Waals surface area contributed by atoms with E-state index in [4.69, 9.17) is 4.74 Å². The highest BCUT2D eigenvalue weighted by Crippen LogP contribution is 2.20. The van der Waals surface area contributed by atoms with Gasteiger partial charge in [0, 0.05) is 6.04 Å². The zero-order valence-corrected chi connectivity index (χ0v) is 14.3. The summed E-state index contributed by atoms with van der Waals surface area (Å²) in [5, 5.41) is 5.66. The molecule has 3 rings (SSSR count). The Labute approximate surface area is 151 Å². The van der Waals surface area contributed by atoms with Gasteiger partial charge in [0.25, 0.3) is 11.8 Å². The maximum absolute atomic E-state index is 13.5. The van der Waals surface area contributed by atoms with Gasteiger partial charge in [-0.15, -0.1) is 0 Å². The largest absolute Gasteiger partial charge is 0.481 e. The molecule has 0 unspecified atom stereocenters. The van der Waals surface area contributed by atoms with Gasteiger partial charge in [-0.05, 0) is 37.1 Å². The fourth-order valence-corrected chi connectivity index (χ4v) is 3.01. The summed E-state index contributed by atoms with van der Waals surface area (Å²) in [5.74, 6) is -1.19. The number of nitrogens with one attached hydrogen (secondary N) is 2. The van der Waals surface area contributed by atoms with E-state index in [0.29, 0.717) is 11.3 Å².